The standard InChI is InChI=1S/C26H37N3O5S/c1-6-27-26(31)21(4)28(19-22-12-10-20(3)11-13-22)25(30)9-8-18-29(35(5,32)33)23-14-16-24(17-15-23)34-7-2/h10-17,21H,6-9,18-19H2,1-5H3,(H,27,31). The summed E-state index contributed by atoms with van der Waals surface area (Å²) in [6.07, 6.45) is 1.57. The molecule has 0 aliphatic carbocycles. The monoisotopic (exact) mass is 503 g/mol. The van der Waals surface area contributed by atoms with Gasteiger partial charge in [0.1, 0.15) is 11.8 Å². The molecule has 0 spiro atoms. The Labute approximate surface area is 209 Å². The maximum Gasteiger partial charge on any atom is 0.242 e. The highest BCUT2D eigenvalue weighted by molar-refractivity contribution is 7.92. The minimum atomic E-state index is -3.55. The van der Waals surface area contributed by atoms with Crippen LogP contribution in [-0.4, -0.2) is 57.1 Å². The molecule has 8 nitrogen and oxygen atoms in total. The number of likely N-dealkylation sites (N-methyl/N-ethyl adjacent to an activating group) is 1. The van der Waals surface area contributed by atoms with Crippen LogP contribution in [0.25, 0.3) is 0 Å². The van der Waals surface area contributed by atoms with E-state index in [-0.39, 0.29) is 24.8 Å². The SMILES string of the molecule is CCNC(=O)C(C)N(Cc1ccc(C)cc1)C(=O)CCCN(c1ccc(OCC)cc1)S(C)(=O)=O. The van der Waals surface area contributed by atoms with Gasteiger partial charge < -0.3 is 15.0 Å². The largest absolute Gasteiger partial charge is 0.494 e. The van der Waals surface area contributed by atoms with Crippen LogP contribution in [0.3, 0.4) is 0 Å². The van der Waals surface area contributed by atoms with Crippen LogP contribution < -0.4 is 14.4 Å². The summed E-state index contributed by atoms with van der Waals surface area (Å²) in [5.41, 5.74) is 2.54. The lowest BCUT2D eigenvalue weighted by molar-refractivity contribution is -0.140. The van der Waals surface area contributed by atoms with Crippen LogP contribution in [0.5, 0.6) is 5.75 Å². The molecule has 2 aromatic carbocycles. The Bertz CT molecular complexity index is 1070. The van der Waals surface area contributed by atoms with Gasteiger partial charge in [-0.2, -0.15) is 0 Å². The van der Waals surface area contributed by atoms with Gasteiger partial charge in [-0.3, -0.25) is 13.9 Å². The molecule has 2 aromatic rings. The van der Waals surface area contributed by atoms with E-state index in [1.807, 2.05) is 45.0 Å². The van der Waals surface area contributed by atoms with Crippen LogP contribution in [0.4, 0.5) is 5.69 Å². The van der Waals surface area contributed by atoms with Crippen LogP contribution in [0, 0.1) is 6.92 Å². The fourth-order valence-corrected chi connectivity index (χ4v) is 4.64. The number of nitrogens with zero attached hydrogens (tertiary/aromatic N) is 2. The van der Waals surface area contributed by atoms with Gasteiger partial charge >= 0.3 is 0 Å². The minimum Gasteiger partial charge on any atom is -0.494 e. The zero-order valence-corrected chi connectivity index (χ0v) is 22.1. The number of anilines is 1. The second-order valence-corrected chi connectivity index (χ2v) is 10.4. The highest BCUT2D eigenvalue weighted by Gasteiger charge is 2.26. The summed E-state index contributed by atoms with van der Waals surface area (Å²) in [6, 6.07) is 14.0. The molecule has 192 valence electrons. The summed E-state index contributed by atoms with van der Waals surface area (Å²) < 4.78 is 31.6. The molecular weight excluding hydrogens is 466 g/mol. The first-order valence-electron chi connectivity index (χ1n) is 11.9. The van der Waals surface area contributed by atoms with Gasteiger partial charge in [0.2, 0.25) is 21.8 Å². The van der Waals surface area contributed by atoms with Crippen molar-refractivity contribution in [2.24, 2.45) is 0 Å². The summed E-state index contributed by atoms with van der Waals surface area (Å²) >= 11 is 0. The summed E-state index contributed by atoms with van der Waals surface area (Å²) in [5, 5.41) is 2.77. The summed E-state index contributed by atoms with van der Waals surface area (Å²) in [5.74, 6) is 0.232. The lowest BCUT2D eigenvalue weighted by Gasteiger charge is -2.29. The smallest absolute Gasteiger partial charge is 0.242 e. The summed E-state index contributed by atoms with van der Waals surface area (Å²) in [6.45, 7) is 8.84. The maximum absolute atomic E-state index is 13.2. The van der Waals surface area contributed by atoms with E-state index in [2.05, 4.69) is 5.32 Å². The molecular formula is C26H37N3O5S. The van der Waals surface area contributed by atoms with Gasteiger partial charge in [-0.05, 0) is 63.9 Å². The molecule has 0 aliphatic rings. The van der Waals surface area contributed by atoms with Crippen molar-refractivity contribution in [3.63, 3.8) is 0 Å². The number of hydrogen-bond acceptors (Lipinski definition) is 5. The Balaban J connectivity index is 2.13. The highest BCUT2D eigenvalue weighted by atomic mass is 32.2. The Morgan fingerprint density at radius 1 is 1.03 bits per heavy atom. The van der Waals surface area contributed by atoms with Gasteiger partial charge in [0.25, 0.3) is 0 Å². The number of amides is 2. The number of nitrogens with one attached hydrogen (secondary N) is 1. The molecule has 1 atom stereocenters. The molecule has 0 aromatic heterocycles. The van der Waals surface area contributed by atoms with E-state index in [1.165, 1.54) is 4.31 Å². The molecule has 0 saturated carbocycles. The van der Waals surface area contributed by atoms with E-state index in [1.54, 1.807) is 36.1 Å². The average Bonchev–Trinajstić information content (AvgIpc) is 2.81. The fourth-order valence-electron chi connectivity index (χ4n) is 3.67. The van der Waals surface area contributed by atoms with Crippen molar-refractivity contribution in [2.75, 3.05) is 30.3 Å². The van der Waals surface area contributed by atoms with E-state index in [0.29, 0.717) is 37.6 Å². The lowest BCUT2D eigenvalue weighted by Crippen LogP contribution is -2.47. The molecule has 9 heteroatoms. The van der Waals surface area contributed by atoms with Crippen LogP contribution in [0.2, 0.25) is 0 Å². The van der Waals surface area contributed by atoms with Crippen molar-refractivity contribution in [3.05, 3.63) is 59.7 Å². The van der Waals surface area contributed by atoms with Crippen LogP contribution in [-0.2, 0) is 26.2 Å². The first kappa shape index (κ1) is 28.2. The normalized spacial score (nSPS) is 12.0. The molecule has 1 N–H and O–H groups in total. The Morgan fingerprint density at radius 3 is 2.20 bits per heavy atom. The number of ether oxygens (including phenoxy) is 1. The lowest BCUT2D eigenvalue weighted by atomic mass is 10.1. The van der Waals surface area contributed by atoms with Gasteiger partial charge in [-0.15, -0.1) is 0 Å². The van der Waals surface area contributed by atoms with Crippen LogP contribution in [0.15, 0.2) is 48.5 Å². The van der Waals surface area contributed by atoms with Crippen molar-refractivity contribution in [1.29, 1.82) is 0 Å². The van der Waals surface area contributed by atoms with Crippen molar-refractivity contribution in [2.45, 2.75) is 53.1 Å². The molecule has 35 heavy (non-hydrogen) atoms. The molecule has 0 fully saturated rings. The highest BCUT2D eigenvalue weighted by Crippen LogP contribution is 2.22. The van der Waals surface area contributed by atoms with Gasteiger partial charge in [-0.1, -0.05) is 29.8 Å². The number of carbonyl (C=O) groups is 2. The quantitative estimate of drug-likeness (QED) is 0.451. The Morgan fingerprint density at radius 2 is 1.66 bits per heavy atom. The number of rotatable bonds is 13. The predicted octanol–water partition coefficient (Wildman–Crippen LogP) is 3.49. The molecule has 2 rings (SSSR count). The van der Waals surface area contributed by atoms with Crippen molar-refractivity contribution >= 4 is 27.5 Å². The molecule has 1 unspecified atom stereocenters. The molecule has 0 heterocycles. The molecule has 0 radical (unpaired) electrons. The predicted molar refractivity (Wildman–Crippen MR) is 139 cm³/mol. The van der Waals surface area contributed by atoms with Gasteiger partial charge in [0.15, 0.2) is 0 Å². The molecule has 0 bridgehead atoms. The van der Waals surface area contributed by atoms with E-state index >= 15 is 0 Å². The zero-order chi connectivity index (χ0) is 26.0. The van der Waals surface area contributed by atoms with Crippen LogP contribution in [0.1, 0.15) is 44.7 Å². The van der Waals surface area contributed by atoms with E-state index in [0.717, 1.165) is 17.4 Å². The summed E-state index contributed by atoms with van der Waals surface area (Å²) in [4.78, 5) is 27.3. The minimum absolute atomic E-state index is 0.110. The zero-order valence-electron chi connectivity index (χ0n) is 21.3. The van der Waals surface area contributed by atoms with Crippen molar-refractivity contribution in [3.8, 4) is 5.75 Å². The third kappa shape index (κ3) is 8.58. The number of hydrogen-bond donors (Lipinski definition) is 1. The number of carbonyl (C=O) groups excluding carboxylic acids is 2. The van der Waals surface area contributed by atoms with E-state index in [4.69, 9.17) is 4.74 Å². The fraction of sp³-hybridized carbons (Fsp3) is 0.462. The maximum atomic E-state index is 13.2. The molecule has 2 amide bonds. The van der Waals surface area contributed by atoms with Crippen molar-refractivity contribution in [1.82, 2.24) is 10.2 Å². The van der Waals surface area contributed by atoms with E-state index in [9.17, 15) is 18.0 Å². The van der Waals surface area contributed by atoms with E-state index < -0.39 is 16.1 Å². The van der Waals surface area contributed by atoms with Gasteiger partial charge in [0.05, 0.1) is 18.6 Å². The number of sulfonamides is 1. The average molecular weight is 504 g/mol. The molecule has 0 saturated heterocycles. The topological polar surface area (TPSA) is 96.0 Å². The van der Waals surface area contributed by atoms with Crippen LogP contribution >= 0.6 is 0 Å². The Hall–Kier alpha value is -3.07. The second-order valence-electron chi connectivity index (χ2n) is 8.44. The first-order chi connectivity index (χ1) is 16.6. The number of benzene rings is 2. The Kier molecular flexibility index (Phi) is 10.6. The van der Waals surface area contributed by atoms with Crippen molar-refractivity contribution < 1.29 is 22.7 Å². The summed E-state index contributed by atoms with van der Waals surface area (Å²) in [7, 11) is -3.55. The van der Waals surface area contributed by atoms with Gasteiger partial charge in [-0.25, -0.2) is 8.42 Å². The number of aryl methyl sites for hydroxylation is 1. The third-order valence-electron chi connectivity index (χ3n) is 5.58. The van der Waals surface area contributed by atoms with Gasteiger partial charge in [0, 0.05) is 26.1 Å². The second kappa shape index (κ2) is 13.1. The molecule has 0 aliphatic heterocycles. The third-order valence-corrected chi connectivity index (χ3v) is 6.77. The first-order valence-corrected chi connectivity index (χ1v) is 13.7.